The third-order valence-electron chi connectivity index (χ3n) is 3.97. The molecule has 2 aromatic rings. The molecule has 3 heterocycles. The normalized spacial score (nSPS) is 23.4. The first-order valence-corrected chi connectivity index (χ1v) is 6.65. The lowest BCUT2D eigenvalue weighted by atomic mass is 9.90. The van der Waals surface area contributed by atoms with Crippen molar-refractivity contribution in [2.45, 2.75) is 13.3 Å². The van der Waals surface area contributed by atoms with E-state index >= 15 is 0 Å². The zero-order valence-electron chi connectivity index (χ0n) is 11.7. The average molecular weight is 260 g/mol. The van der Waals surface area contributed by atoms with Gasteiger partial charge in [0.2, 0.25) is 0 Å². The van der Waals surface area contributed by atoms with Gasteiger partial charge in [-0.15, -0.1) is 0 Å². The molecule has 1 N–H and O–H groups in total. The summed E-state index contributed by atoms with van der Waals surface area (Å²) in [7, 11) is 3.92. The second-order valence-electron chi connectivity index (χ2n) is 5.72. The quantitative estimate of drug-likeness (QED) is 0.884. The van der Waals surface area contributed by atoms with Gasteiger partial charge in [-0.2, -0.15) is 5.10 Å². The highest BCUT2D eigenvalue weighted by atomic mass is 15.3. The van der Waals surface area contributed by atoms with E-state index in [1.54, 1.807) is 11.0 Å². The third-order valence-corrected chi connectivity index (χ3v) is 3.97. The molecule has 1 unspecified atom stereocenters. The van der Waals surface area contributed by atoms with E-state index in [0.29, 0.717) is 5.41 Å². The standard InChI is InChI=1S/C13H20N6/c1-13(7-14-2)4-5-19(8-13)12-10-6-17-18(3)11(10)15-9-16-12/h6,9,14H,4-5,7-8H2,1-3H3. The van der Waals surface area contributed by atoms with Gasteiger partial charge in [-0.3, -0.25) is 4.68 Å². The van der Waals surface area contributed by atoms with Gasteiger partial charge in [0, 0.05) is 26.7 Å². The number of aromatic nitrogens is 4. The molecule has 3 rings (SSSR count). The minimum absolute atomic E-state index is 0.314. The summed E-state index contributed by atoms with van der Waals surface area (Å²) in [6.07, 6.45) is 4.67. The SMILES string of the molecule is CNCC1(C)CCN(c2ncnc3c2cnn3C)C1. The molecule has 0 aromatic carbocycles. The zero-order chi connectivity index (χ0) is 13.5. The highest BCUT2D eigenvalue weighted by Gasteiger charge is 2.34. The number of aryl methyl sites for hydroxylation is 1. The summed E-state index contributed by atoms with van der Waals surface area (Å²) < 4.78 is 1.80. The van der Waals surface area contributed by atoms with Gasteiger partial charge in [-0.05, 0) is 18.9 Å². The van der Waals surface area contributed by atoms with Crippen LogP contribution in [0.2, 0.25) is 0 Å². The highest BCUT2D eigenvalue weighted by Crippen LogP contribution is 2.34. The number of fused-ring (bicyclic) bond motifs is 1. The van der Waals surface area contributed by atoms with Gasteiger partial charge >= 0.3 is 0 Å². The Labute approximate surface area is 112 Å². The fourth-order valence-corrected chi connectivity index (χ4v) is 2.98. The van der Waals surface area contributed by atoms with E-state index in [0.717, 1.165) is 36.5 Å². The minimum atomic E-state index is 0.314. The Kier molecular flexibility index (Phi) is 2.89. The van der Waals surface area contributed by atoms with Crippen molar-refractivity contribution >= 4 is 16.9 Å². The van der Waals surface area contributed by atoms with Gasteiger partial charge in [-0.1, -0.05) is 6.92 Å². The van der Waals surface area contributed by atoms with Crippen molar-refractivity contribution in [3.8, 4) is 0 Å². The maximum absolute atomic E-state index is 4.47. The van der Waals surface area contributed by atoms with Crippen LogP contribution in [-0.4, -0.2) is 46.4 Å². The molecule has 0 saturated carbocycles. The van der Waals surface area contributed by atoms with E-state index in [2.05, 4.69) is 32.2 Å². The molecular weight excluding hydrogens is 240 g/mol. The Balaban J connectivity index is 1.94. The van der Waals surface area contributed by atoms with Gasteiger partial charge in [0.25, 0.3) is 0 Å². The summed E-state index contributed by atoms with van der Waals surface area (Å²) in [5.41, 5.74) is 1.21. The maximum atomic E-state index is 4.47. The summed E-state index contributed by atoms with van der Waals surface area (Å²) in [6.45, 7) is 5.42. The van der Waals surface area contributed by atoms with Gasteiger partial charge in [-0.25, -0.2) is 9.97 Å². The summed E-state index contributed by atoms with van der Waals surface area (Å²) in [5.74, 6) is 1.01. The Hall–Kier alpha value is -1.69. The highest BCUT2D eigenvalue weighted by molar-refractivity contribution is 5.86. The molecular formula is C13H20N6. The molecule has 1 aliphatic heterocycles. The summed E-state index contributed by atoms with van der Waals surface area (Å²) in [6, 6.07) is 0. The molecule has 1 atom stereocenters. The second-order valence-corrected chi connectivity index (χ2v) is 5.72. The van der Waals surface area contributed by atoms with Crippen molar-refractivity contribution < 1.29 is 0 Å². The van der Waals surface area contributed by atoms with E-state index in [1.165, 1.54) is 6.42 Å². The zero-order valence-corrected chi connectivity index (χ0v) is 11.7. The molecule has 1 saturated heterocycles. The van der Waals surface area contributed by atoms with Crippen molar-refractivity contribution in [2.24, 2.45) is 12.5 Å². The number of hydrogen-bond acceptors (Lipinski definition) is 5. The lowest BCUT2D eigenvalue weighted by Gasteiger charge is -2.24. The van der Waals surface area contributed by atoms with Crippen molar-refractivity contribution in [2.75, 3.05) is 31.6 Å². The number of nitrogens with one attached hydrogen (secondary N) is 1. The first kappa shape index (κ1) is 12.3. The van der Waals surface area contributed by atoms with Crippen LogP contribution in [-0.2, 0) is 7.05 Å². The summed E-state index contributed by atoms with van der Waals surface area (Å²) in [5, 5.41) is 8.60. The van der Waals surface area contributed by atoms with Crippen LogP contribution >= 0.6 is 0 Å². The third kappa shape index (κ3) is 2.06. The fourth-order valence-electron chi connectivity index (χ4n) is 2.98. The molecule has 0 radical (unpaired) electrons. The molecule has 0 amide bonds. The van der Waals surface area contributed by atoms with E-state index in [9.17, 15) is 0 Å². The van der Waals surface area contributed by atoms with E-state index in [-0.39, 0.29) is 0 Å². The summed E-state index contributed by atoms with van der Waals surface area (Å²) in [4.78, 5) is 11.1. The molecule has 2 aromatic heterocycles. The number of nitrogens with zero attached hydrogens (tertiary/aromatic N) is 5. The maximum Gasteiger partial charge on any atom is 0.163 e. The van der Waals surface area contributed by atoms with Crippen LogP contribution in [0.4, 0.5) is 5.82 Å². The first-order chi connectivity index (χ1) is 9.13. The van der Waals surface area contributed by atoms with Crippen LogP contribution in [0, 0.1) is 5.41 Å². The Morgan fingerprint density at radius 2 is 2.26 bits per heavy atom. The fraction of sp³-hybridized carbons (Fsp3) is 0.615. The molecule has 6 heteroatoms. The van der Waals surface area contributed by atoms with Crippen LogP contribution in [0.5, 0.6) is 0 Å². The van der Waals surface area contributed by atoms with Crippen LogP contribution < -0.4 is 10.2 Å². The van der Waals surface area contributed by atoms with Crippen LogP contribution in [0.25, 0.3) is 11.0 Å². The monoisotopic (exact) mass is 260 g/mol. The van der Waals surface area contributed by atoms with Crippen molar-refractivity contribution in [3.05, 3.63) is 12.5 Å². The smallest absolute Gasteiger partial charge is 0.163 e. The molecule has 0 bridgehead atoms. The molecule has 1 aliphatic rings. The Morgan fingerprint density at radius 3 is 3.05 bits per heavy atom. The minimum Gasteiger partial charge on any atom is -0.355 e. The molecule has 0 aliphatic carbocycles. The Morgan fingerprint density at radius 1 is 1.42 bits per heavy atom. The molecule has 102 valence electrons. The number of anilines is 1. The first-order valence-electron chi connectivity index (χ1n) is 6.65. The van der Waals surface area contributed by atoms with Crippen molar-refractivity contribution in [3.63, 3.8) is 0 Å². The van der Waals surface area contributed by atoms with Gasteiger partial charge < -0.3 is 10.2 Å². The van der Waals surface area contributed by atoms with Crippen LogP contribution in [0.1, 0.15) is 13.3 Å². The predicted octanol–water partition coefficient (Wildman–Crippen LogP) is 0.799. The lowest BCUT2D eigenvalue weighted by molar-refractivity contribution is 0.356. The molecule has 19 heavy (non-hydrogen) atoms. The Bertz CT molecular complexity index is 592. The average Bonchev–Trinajstić information content (AvgIpc) is 2.95. The number of hydrogen-bond donors (Lipinski definition) is 1. The van der Waals surface area contributed by atoms with Crippen molar-refractivity contribution in [1.82, 2.24) is 25.1 Å². The largest absolute Gasteiger partial charge is 0.355 e. The number of rotatable bonds is 3. The van der Waals surface area contributed by atoms with E-state index in [4.69, 9.17) is 0 Å². The summed E-state index contributed by atoms with van der Waals surface area (Å²) >= 11 is 0. The van der Waals surface area contributed by atoms with Crippen molar-refractivity contribution in [1.29, 1.82) is 0 Å². The van der Waals surface area contributed by atoms with Crippen LogP contribution in [0.15, 0.2) is 12.5 Å². The lowest BCUT2D eigenvalue weighted by Crippen LogP contribution is -2.33. The van der Waals surface area contributed by atoms with Crippen LogP contribution in [0.3, 0.4) is 0 Å². The predicted molar refractivity (Wildman–Crippen MR) is 75.2 cm³/mol. The van der Waals surface area contributed by atoms with Gasteiger partial charge in [0.05, 0.1) is 11.6 Å². The van der Waals surface area contributed by atoms with E-state index in [1.807, 2.05) is 20.3 Å². The van der Waals surface area contributed by atoms with Gasteiger partial charge in [0.15, 0.2) is 5.65 Å². The van der Waals surface area contributed by atoms with Gasteiger partial charge in [0.1, 0.15) is 12.1 Å². The second kappa shape index (κ2) is 4.45. The molecule has 6 nitrogen and oxygen atoms in total. The topological polar surface area (TPSA) is 58.9 Å². The molecule has 1 fully saturated rings. The van der Waals surface area contributed by atoms with E-state index < -0.39 is 0 Å². The molecule has 0 spiro atoms.